The summed E-state index contributed by atoms with van der Waals surface area (Å²) in [5.74, 6) is -0.125. The van der Waals surface area contributed by atoms with Crippen LogP contribution >= 0.6 is 11.6 Å². The van der Waals surface area contributed by atoms with Crippen LogP contribution in [0.3, 0.4) is 0 Å². The quantitative estimate of drug-likeness (QED) is 0.663. The summed E-state index contributed by atoms with van der Waals surface area (Å²) in [6.45, 7) is 3.43. The summed E-state index contributed by atoms with van der Waals surface area (Å²) in [7, 11) is 0. The van der Waals surface area contributed by atoms with Crippen LogP contribution in [0.5, 0.6) is 0 Å². The number of nitro benzene ring substituents is 1. The molecule has 2 rings (SSSR count). The Balaban J connectivity index is 2.13. The lowest BCUT2D eigenvalue weighted by Gasteiger charge is -2.32. The highest BCUT2D eigenvalue weighted by atomic mass is 35.5. The van der Waals surface area contributed by atoms with Crippen LogP contribution < -0.4 is 10.6 Å². The van der Waals surface area contributed by atoms with Crippen molar-refractivity contribution in [2.45, 2.75) is 19.8 Å². The number of piperidine rings is 1. The van der Waals surface area contributed by atoms with E-state index in [1.54, 1.807) is 0 Å². The first-order valence-corrected chi connectivity index (χ1v) is 6.76. The number of carbonyl (C=O) groups is 1. The molecule has 108 valence electrons. The van der Waals surface area contributed by atoms with E-state index >= 15 is 0 Å². The molecule has 1 amide bonds. The zero-order valence-corrected chi connectivity index (χ0v) is 11.9. The molecule has 0 spiro atoms. The van der Waals surface area contributed by atoms with Gasteiger partial charge in [-0.15, -0.1) is 0 Å². The molecule has 1 atom stereocenters. The molecular formula is C13H16ClN3O3. The van der Waals surface area contributed by atoms with Crippen molar-refractivity contribution in [1.82, 2.24) is 5.32 Å². The molecule has 1 saturated heterocycles. The van der Waals surface area contributed by atoms with Crippen LogP contribution in [0, 0.1) is 15.5 Å². The fourth-order valence-corrected chi connectivity index (χ4v) is 2.46. The maximum atomic E-state index is 12.3. The third kappa shape index (κ3) is 3.08. The van der Waals surface area contributed by atoms with E-state index in [4.69, 9.17) is 11.6 Å². The molecule has 1 aromatic rings. The number of nitro groups is 1. The number of benzene rings is 1. The number of carbonyl (C=O) groups excluding carboxylic acids is 1. The third-order valence-electron chi connectivity index (χ3n) is 3.56. The number of hydrogen-bond acceptors (Lipinski definition) is 4. The Hall–Kier alpha value is -1.66. The van der Waals surface area contributed by atoms with Gasteiger partial charge < -0.3 is 10.6 Å². The minimum Gasteiger partial charge on any atom is -0.324 e. The summed E-state index contributed by atoms with van der Waals surface area (Å²) in [6, 6.07) is 4.01. The Labute approximate surface area is 121 Å². The van der Waals surface area contributed by atoms with Crippen LogP contribution in [0.4, 0.5) is 11.4 Å². The highest BCUT2D eigenvalue weighted by molar-refractivity contribution is 6.34. The van der Waals surface area contributed by atoms with Gasteiger partial charge in [0, 0.05) is 18.7 Å². The van der Waals surface area contributed by atoms with Gasteiger partial charge in [-0.05, 0) is 32.4 Å². The van der Waals surface area contributed by atoms with E-state index in [0.29, 0.717) is 12.2 Å². The lowest BCUT2D eigenvalue weighted by Crippen LogP contribution is -2.46. The number of amides is 1. The minimum atomic E-state index is -0.524. The molecule has 20 heavy (non-hydrogen) atoms. The summed E-state index contributed by atoms with van der Waals surface area (Å²) in [4.78, 5) is 22.4. The van der Waals surface area contributed by atoms with E-state index in [-0.39, 0.29) is 16.6 Å². The largest absolute Gasteiger partial charge is 0.324 e. The smallest absolute Gasteiger partial charge is 0.271 e. The van der Waals surface area contributed by atoms with Gasteiger partial charge in [0.25, 0.3) is 5.69 Å². The number of rotatable bonds is 3. The molecule has 1 unspecified atom stereocenters. The molecule has 0 aromatic heterocycles. The fraction of sp³-hybridized carbons (Fsp3) is 0.462. The first-order chi connectivity index (χ1) is 9.42. The minimum absolute atomic E-state index is 0.0986. The Morgan fingerprint density at radius 1 is 1.55 bits per heavy atom. The molecule has 0 bridgehead atoms. The Bertz CT molecular complexity index is 542. The highest BCUT2D eigenvalue weighted by Gasteiger charge is 2.34. The fourth-order valence-electron chi connectivity index (χ4n) is 2.24. The maximum Gasteiger partial charge on any atom is 0.271 e. The van der Waals surface area contributed by atoms with Gasteiger partial charge in [-0.1, -0.05) is 11.6 Å². The van der Waals surface area contributed by atoms with Crippen molar-refractivity contribution < 1.29 is 9.72 Å². The summed E-state index contributed by atoms with van der Waals surface area (Å²) >= 11 is 5.97. The van der Waals surface area contributed by atoms with Gasteiger partial charge in [-0.2, -0.15) is 0 Å². The molecule has 1 aliphatic rings. The summed E-state index contributed by atoms with van der Waals surface area (Å²) < 4.78 is 0. The standard InChI is InChI=1S/C13H16ClN3O3/c1-13(5-2-6-15-8-13)12(18)16-11-4-3-9(17(19)20)7-10(11)14/h3-4,7,15H,2,5-6,8H2,1H3,(H,16,18). The van der Waals surface area contributed by atoms with Gasteiger partial charge in [-0.25, -0.2) is 0 Å². The highest BCUT2D eigenvalue weighted by Crippen LogP contribution is 2.31. The van der Waals surface area contributed by atoms with E-state index in [2.05, 4.69) is 10.6 Å². The average molecular weight is 298 g/mol. The van der Waals surface area contributed by atoms with E-state index in [0.717, 1.165) is 19.4 Å². The van der Waals surface area contributed by atoms with E-state index in [1.807, 2.05) is 6.92 Å². The van der Waals surface area contributed by atoms with Crippen LogP contribution in [0.15, 0.2) is 18.2 Å². The number of anilines is 1. The van der Waals surface area contributed by atoms with Crippen molar-refractivity contribution in [2.24, 2.45) is 5.41 Å². The summed E-state index contributed by atoms with van der Waals surface area (Å²) in [5, 5.41) is 16.8. The van der Waals surface area contributed by atoms with Crippen molar-refractivity contribution in [1.29, 1.82) is 0 Å². The number of non-ortho nitro benzene ring substituents is 1. The number of halogens is 1. The third-order valence-corrected chi connectivity index (χ3v) is 3.87. The van der Waals surface area contributed by atoms with Crippen LogP contribution in [0.1, 0.15) is 19.8 Å². The predicted octanol–water partition coefficient (Wildman–Crippen LogP) is 2.58. The predicted molar refractivity (Wildman–Crippen MR) is 76.9 cm³/mol. The van der Waals surface area contributed by atoms with E-state index in [9.17, 15) is 14.9 Å². The number of nitrogens with one attached hydrogen (secondary N) is 2. The van der Waals surface area contributed by atoms with Gasteiger partial charge in [0.1, 0.15) is 0 Å². The molecule has 0 aliphatic carbocycles. The molecule has 1 aliphatic heterocycles. The Morgan fingerprint density at radius 2 is 2.30 bits per heavy atom. The zero-order valence-electron chi connectivity index (χ0n) is 11.1. The molecule has 6 nitrogen and oxygen atoms in total. The van der Waals surface area contributed by atoms with Gasteiger partial charge in [0.2, 0.25) is 5.91 Å². The second-order valence-corrected chi connectivity index (χ2v) is 5.62. The topological polar surface area (TPSA) is 84.3 Å². The van der Waals surface area contributed by atoms with E-state index in [1.165, 1.54) is 18.2 Å². The SMILES string of the molecule is CC1(C(=O)Nc2ccc([N+](=O)[O-])cc2Cl)CCCNC1. The van der Waals surface area contributed by atoms with Crippen LogP contribution in [0.2, 0.25) is 5.02 Å². The lowest BCUT2D eigenvalue weighted by atomic mass is 9.82. The lowest BCUT2D eigenvalue weighted by molar-refractivity contribution is -0.384. The molecule has 2 N–H and O–H groups in total. The molecule has 7 heteroatoms. The molecule has 0 radical (unpaired) electrons. The van der Waals surface area contributed by atoms with Crippen molar-refractivity contribution in [2.75, 3.05) is 18.4 Å². The summed E-state index contributed by atoms with van der Waals surface area (Å²) in [5.41, 5.74) is -0.184. The van der Waals surface area contributed by atoms with Gasteiger partial charge in [0.15, 0.2) is 0 Å². The number of nitrogens with zero attached hydrogens (tertiary/aromatic N) is 1. The zero-order chi connectivity index (χ0) is 14.8. The van der Waals surface area contributed by atoms with E-state index < -0.39 is 10.3 Å². The molecule has 1 fully saturated rings. The van der Waals surface area contributed by atoms with Crippen molar-refractivity contribution in [3.05, 3.63) is 33.3 Å². The first kappa shape index (κ1) is 14.7. The second-order valence-electron chi connectivity index (χ2n) is 5.22. The number of hydrogen-bond donors (Lipinski definition) is 2. The van der Waals surface area contributed by atoms with Gasteiger partial charge in [0.05, 0.1) is 21.0 Å². The molecule has 1 aromatic carbocycles. The van der Waals surface area contributed by atoms with Crippen LogP contribution in [-0.2, 0) is 4.79 Å². The van der Waals surface area contributed by atoms with Crippen molar-refractivity contribution in [3.8, 4) is 0 Å². The Morgan fingerprint density at radius 3 is 2.85 bits per heavy atom. The molecule has 1 heterocycles. The van der Waals surface area contributed by atoms with Crippen LogP contribution in [0.25, 0.3) is 0 Å². The normalized spacial score (nSPS) is 22.3. The molecular weight excluding hydrogens is 282 g/mol. The Kier molecular flexibility index (Phi) is 4.25. The van der Waals surface area contributed by atoms with Gasteiger partial charge >= 0.3 is 0 Å². The second kappa shape index (κ2) is 5.76. The first-order valence-electron chi connectivity index (χ1n) is 6.38. The van der Waals surface area contributed by atoms with Crippen molar-refractivity contribution >= 4 is 28.9 Å². The van der Waals surface area contributed by atoms with Crippen molar-refractivity contribution in [3.63, 3.8) is 0 Å². The summed E-state index contributed by atoms with van der Waals surface area (Å²) in [6.07, 6.45) is 1.74. The maximum absolute atomic E-state index is 12.3. The molecule has 0 saturated carbocycles. The van der Waals surface area contributed by atoms with Gasteiger partial charge in [-0.3, -0.25) is 14.9 Å². The average Bonchev–Trinajstić information content (AvgIpc) is 2.41. The van der Waals surface area contributed by atoms with Crippen LogP contribution in [-0.4, -0.2) is 23.9 Å². The monoisotopic (exact) mass is 297 g/mol.